The van der Waals surface area contributed by atoms with E-state index in [0.29, 0.717) is 5.56 Å². The van der Waals surface area contributed by atoms with Crippen LogP contribution in [-0.4, -0.2) is 45.1 Å². The van der Waals surface area contributed by atoms with Crippen molar-refractivity contribution in [3.8, 4) is 5.75 Å². The van der Waals surface area contributed by atoms with Crippen LogP contribution in [0.1, 0.15) is 17.2 Å². The molecule has 0 radical (unpaired) electrons. The number of allylic oxidation sites excluding steroid dienone is 1. The molecule has 1 atom stereocenters. The monoisotopic (exact) mass is 365 g/mol. The van der Waals surface area contributed by atoms with Crippen molar-refractivity contribution in [3.63, 3.8) is 0 Å². The van der Waals surface area contributed by atoms with Gasteiger partial charge in [0.1, 0.15) is 5.75 Å². The normalized spacial score (nSPS) is 17.1. The fourth-order valence-electron chi connectivity index (χ4n) is 3.11. The summed E-state index contributed by atoms with van der Waals surface area (Å²) in [5, 5.41) is 29.4. The van der Waals surface area contributed by atoms with Crippen molar-refractivity contribution in [2.75, 3.05) is 13.2 Å². The fraction of sp³-hybridized carbons (Fsp3) is 0.143. The molecule has 0 aliphatic carbocycles. The van der Waals surface area contributed by atoms with E-state index in [1.807, 2.05) is 30.3 Å². The van der Waals surface area contributed by atoms with Gasteiger partial charge in [0.25, 0.3) is 5.91 Å². The maximum Gasteiger partial charge on any atom is 0.290 e. The Kier molecular flexibility index (Phi) is 5.38. The van der Waals surface area contributed by atoms with Crippen molar-refractivity contribution in [2.45, 2.75) is 6.04 Å². The van der Waals surface area contributed by atoms with E-state index in [9.17, 15) is 24.9 Å². The van der Waals surface area contributed by atoms with Crippen LogP contribution in [0, 0.1) is 0 Å². The van der Waals surface area contributed by atoms with Gasteiger partial charge in [0.15, 0.2) is 11.5 Å². The van der Waals surface area contributed by atoms with E-state index in [-0.39, 0.29) is 24.5 Å². The summed E-state index contributed by atoms with van der Waals surface area (Å²) in [5.74, 6) is -1.91. The number of benzene rings is 2. The number of rotatable bonds is 6. The SMILES string of the molecule is O=C(/C=C/c1ccccc1)C1=C(O)C(=O)N(CCO)C1c1cccc(O)c1. The summed E-state index contributed by atoms with van der Waals surface area (Å²) in [6, 6.07) is 14.4. The lowest BCUT2D eigenvalue weighted by atomic mass is 9.95. The number of hydrogen-bond donors (Lipinski definition) is 3. The Labute approximate surface area is 156 Å². The van der Waals surface area contributed by atoms with Crippen LogP contribution in [0.25, 0.3) is 6.08 Å². The number of hydrogen-bond acceptors (Lipinski definition) is 5. The molecular weight excluding hydrogens is 346 g/mol. The highest BCUT2D eigenvalue weighted by Gasteiger charge is 2.42. The van der Waals surface area contributed by atoms with Gasteiger partial charge in [0, 0.05) is 6.54 Å². The average molecular weight is 365 g/mol. The van der Waals surface area contributed by atoms with E-state index >= 15 is 0 Å². The number of nitrogens with zero attached hydrogens (tertiary/aromatic N) is 1. The number of carbonyl (C=O) groups excluding carboxylic acids is 2. The topological polar surface area (TPSA) is 98.1 Å². The molecule has 1 heterocycles. The Morgan fingerprint density at radius 1 is 1.07 bits per heavy atom. The predicted molar refractivity (Wildman–Crippen MR) is 99.8 cm³/mol. The Morgan fingerprint density at radius 2 is 1.81 bits per heavy atom. The average Bonchev–Trinajstić information content (AvgIpc) is 2.92. The molecule has 1 amide bonds. The van der Waals surface area contributed by atoms with Gasteiger partial charge in [-0.25, -0.2) is 0 Å². The molecule has 2 aromatic rings. The number of phenols is 1. The Morgan fingerprint density at radius 3 is 2.48 bits per heavy atom. The van der Waals surface area contributed by atoms with Crippen LogP contribution in [0.5, 0.6) is 5.75 Å². The molecule has 0 spiro atoms. The number of aliphatic hydroxyl groups is 2. The lowest BCUT2D eigenvalue weighted by molar-refractivity contribution is -0.129. The van der Waals surface area contributed by atoms with Crippen LogP contribution in [0.15, 0.2) is 72.0 Å². The Balaban J connectivity index is 2.00. The van der Waals surface area contributed by atoms with E-state index in [2.05, 4.69) is 0 Å². The zero-order chi connectivity index (χ0) is 19.4. The molecule has 3 rings (SSSR count). The molecule has 6 nitrogen and oxygen atoms in total. The second-order valence-corrected chi connectivity index (χ2v) is 6.09. The van der Waals surface area contributed by atoms with Gasteiger partial charge < -0.3 is 20.2 Å². The molecule has 0 aromatic heterocycles. The zero-order valence-electron chi connectivity index (χ0n) is 14.4. The molecule has 138 valence electrons. The summed E-state index contributed by atoms with van der Waals surface area (Å²) in [4.78, 5) is 26.4. The summed E-state index contributed by atoms with van der Waals surface area (Å²) in [5.41, 5.74) is 1.19. The predicted octanol–water partition coefficient (Wildman–Crippen LogP) is 2.36. The number of phenolic OH excluding ortho intramolecular Hbond substituents is 1. The van der Waals surface area contributed by atoms with Gasteiger partial charge in [-0.15, -0.1) is 0 Å². The van der Waals surface area contributed by atoms with Crippen molar-refractivity contribution < 1.29 is 24.9 Å². The summed E-state index contributed by atoms with van der Waals surface area (Å²) >= 11 is 0. The van der Waals surface area contributed by atoms with Gasteiger partial charge >= 0.3 is 0 Å². The lowest BCUT2D eigenvalue weighted by Crippen LogP contribution is -2.33. The summed E-state index contributed by atoms with van der Waals surface area (Å²) in [7, 11) is 0. The van der Waals surface area contributed by atoms with E-state index < -0.39 is 23.5 Å². The van der Waals surface area contributed by atoms with Crippen molar-refractivity contribution in [1.29, 1.82) is 0 Å². The number of carbonyl (C=O) groups is 2. The van der Waals surface area contributed by atoms with Gasteiger partial charge in [-0.3, -0.25) is 9.59 Å². The van der Waals surface area contributed by atoms with Crippen LogP contribution in [0.3, 0.4) is 0 Å². The number of β-amino-alcohol motifs (C(OH)–C–C–N with tert-alkyl or cyclic N) is 1. The molecule has 2 aromatic carbocycles. The molecule has 3 N–H and O–H groups in total. The zero-order valence-corrected chi connectivity index (χ0v) is 14.4. The third-order valence-electron chi connectivity index (χ3n) is 4.32. The van der Waals surface area contributed by atoms with E-state index in [4.69, 9.17) is 0 Å². The molecule has 0 bridgehead atoms. The fourth-order valence-corrected chi connectivity index (χ4v) is 3.11. The van der Waals surface area contributed by atoms with Crippen LogP contribution in [0.4, 0.5) is 0 Å². The molecular formula is C21H19NO5. The first kappa shape index (κ1) is 18.4. The number of aromatic hydroxyl groups is 1. The van der Waals surface area contributed by atoms with Gasteiger partial charge in [-0.1, -0.05) is 48.5 Å². The van der Waals surface area contributed by atoms with Crippen molar-refractivity contribution in [3.05, 3.63) is 83.1 Å². The quantitative estimate of drug-likeness (QED) is 0.683. The highest BCUT2D eigenvalue weighted by Crippen LogP contribution is 2.38. The van der Waals surface area contributed by atoms with Crippen LogP contribution >= 0.6 is 0 Å². The first-order chi connectivity index (χ1) is 13.0. The van der Waals surface area contributed by atoms with Crippen molar-refractivity contribution in [2.24, 2.45) is 0 Å². The molecule has 6 heteroatoms. The van der Waals surface area contributed by atoms with Crippen LogP contribution in [-0.2, 0) is 9.59 Å². The molecule has 27 heavy (non-hydrogen) atoms. The highest BCUT2D eigenvalue weighted by molar-refractivity contribution is 6.14. The van der Waals surface area contributed by atoms with Crippen molar-refractivity contribution in [1.82, 2.24) is 4.90 Å². The van der Waals surface area contributed by atoms with E-state index in [1.165, 1.54) is 23.1 Å². The molecule has 0 fully saturated rings. The lowest BCUT2D eigenvalue weighted by Gasteiger charge is -2.25. The summed E-state index contributed by atoms with van der Waals surface area (Å²) < 4.78 is 0. The molecule has 1 unspecified atom stereocenters. The maximum atomic E-state index is 12.8. The number of aliphatic hydroxyl groups excluding tert-OH is 2. The standard InChI is InChI=1S/C21H19NO5/c23-12-11-22-19(15-7-4-8-16(24)13-15)18(20(26)21(22)27)17(25)10-9-14-5-2-1-3-6-14/h1-10,13,19,23-24,26H,11-12H2/b10-9+. The number of ketones is 1. The molecule has 0 saturated carbocycles. The van der Waals surface area contributed by atoms with Crippen LogP contribution in [0.2, 0.25) is 0 Å². The van der Waals surface area contributed by atoms with Crippen LogP contribution < -0.4 is 0 Å². The Bertz CT molecular complexity index is 917. The second kappa shape index (κ2) is 7.88. The van der Waals surface area contributed by atoms with E-state index in [1.54, 1.807) is 18.2 Å². The van der Waals surface area contributed by atoms with E-state index in [0.717, 1.165) is 5.56 Å². The maximum absolute atomic E-state index is 12.8. The smallest absolute Gasteiger partial charge is 0.290 e. The largest absolute Gasteiger partial charge is 0.508 e. The molecule has 0 saturated heterocycles. The van der Waals surface area contributed by atoms with Gasteiger partial charge in [-0.2, -0.15) is 0 Å². The minimum absolute atomic E-state index is 0.0260. The first-order valence-corrected chi connectivity index (χ1v) is 8.44. The Hall–Kier alpha value is -3.38. The third kappa shape index (κ3) is 3.75. The highest BCUT2D eigenvalue weighted by atomic mass is 16.3. The molecule has 1 aliphatic heterocycles. The van der Waals surface area contributed by atoms with Crippen molar-refractivity contribution >= 4 is 17.8 Å². The summed E-state index contributed by atoms with van der Waals surface area (Å²) in [6.45, 7) is -0.377. The van der Waals surface area contributed by atoms with Gasteiger partial charge in [0.05, 0.1) is 18.2 Å². The van der Waals surface area contributed by atoms with Gasteiger partial charge in [0.2, 0.25) is 0 Å². The summed E-state index contributed by atoms with van der Waals surface area (Å²) in [6.07, 6.45) is 2.90. The first-order valence-electron chi connectivity index (χ1n) is 8.44. The second-order valence-electron chi connectivity index (χ2n) is 6.09. The minimum atomic E-state index is -0.885. The number of amides is 1. The third-order valence-corrected chi connectivity index (χ3v) is 4.32. The molecule has 1 aliphatic rings. The van der Waals surface area contributed by atoms with Gasteiger partial charge in [-0.05, 0) is 29.3 Å². The minimum Gasteiger partial charge on any atom is -0.508 e.